The number of phosphoric acid groups is 1. The maximum atomic E-state index is 12.1. The van der Waals surface area contributed by atoms with Gasteiger partial charge in [0.1, 0.15) is 6.61 Å². The van der Waals surface area contributed by atoms with Crippen molar-refractivity contribution in [3.8, 4) is 0 Å². The van der Waals surface area contributed by atoms with Crippen molar-refractivity contribution in [2.75, 3.05) is 26.4 Å². The Morgan fingerprint density at radius 3 is 2.03 bits per heavy atom. The molecule has 31 heavy (non-hydrogen) atoms. The van der Waals surface area contributed by atoms with Crippen LogP contribution in [0.25, 0.3) is 0 Å². The molecule has 3 N–H and O–H groups in total. The molecule has 0 spiro atoms. The third-order valence-corrected chi connectivity index (χ3v) is 5.48. The molecule has 184 valence electrons. The zero-order valence-corrected chi connectivity index (χ0v) is 20.1. The molecule has 2 atom stereocenters. The van der Waals surface area contributed by atoms with E-state index in [2.05, 4.69) is 11.4 Å². The predicted molar refractivity (Wildman–Crippen MR) is 118 cm³/mol. The second-order valence-electron chi connectivity index (χ2n) is 7.51. The van der Waals surface area contributed by atoms with Gasteiger partial charge in [-0.1, -0.05) is 65.2 Å². The molecule has 0 bridgehead atoms. The summed E-state index contributed by atoms with van der Waals surface area (Å²) < 4.78 is 31.7. The van der Waals surface area contributed by atoms with E-state index >= 15 is 0 Å². The number of phosphoric ester groups is 1. The van der Waals surface area contributed by atoms with Gasteiger partial charge < -0.3 is 20.1 Å². The van der Waals surface area contributed by atoms with Gasteiger partial charge in [0.05, 0.1) is 13.2 Å². The maximum absolute atomic E-state index is 12.1. The molecule has 0 aliphatic heterocycles. The fourth-order valence-electron chi connectivity index (χ4n) is 2.73. The summed E-state index contributed by atoms with van der Waals surface area (Å²) in [5.41, 5.74) is 5.24. The summed E-state index contributed by atoms with van der Waals surface area (Å²) in [5, 5.41) is 0. The van der Waals surface area contributed by atoms with Gasteiger partial charge in [-0.05, 0) is 12.8 Å². The smallest absolute Gasteiger partial charge is 0.462 e. The van der Waals surface area contributed by atoms with Gasteiger partial charge in [-0.3, -0.25) is 18.6 Å². The van der Waals surface area contributed by atoms with Gasteiger partial charge in [0.2, 0.25) is 0 Å². The van der Waals surface area contributed by atoms with Crippen LogP contribution in [0.3, 0.4) is 0 Å². The molecule has 1 unspecified atom stereocenters. The molecule has 0 aromatic carbocycles. The van der Waals surface area contributed by atoms with Crippen molar-refractivity contribution in [3.63, 3.8) is 0 Å². The van der Waals surface area contributed by atoms with Crippen LogP contribution < -0.4 is 5.73 Å². The number of hydrogen-bond acceptors (Lipinski definition) is 8. The number of rotatable bonds is 21. The van der Waals surface area contributed by atoms with Crippen LogP contribution in [0, 0.1) is 0 Å². The number of esters is 2. The van der Waals surface area contributed by atoms with Crippen molar-refractivity contribution >= 4 is 19.8 Å². The molecule has 0 aromatic rings. The highest BCUT2D eigenvalue weighted by atomic mass is 31.2. The molecular formula is C21H42NO8P. The van der Waals surface area contributed by atoms with Crippen molar-refractivity contribution in [1.82, 2.24) is 0 Å². The summed E-state index contributed by atoms with van der Waals surface area (Å²) in [4.78, 5) is 33.5. The van der Waals surface area contributed by atoms with Gasteiger partial charge in [0, 0.05) is 19.4 Å². The summed E-state index contributed by atoms with van der Waals surface area (Å²) in [6.45, 7) is 3.37. The molecule has 10 heteroatoms. The fourth-order valence-corrected chi connectivity index (χ4v) is 3.49. The highest BCUT2D eigenvalue weighted by Crippen LogP contribution is 2.43. The Bertz CT molecular complexity index is 518. The van der Waals surface area contributed by atoms with Crippen molar-refractivity contribution in [3.05, 3.63) is 0 Å². The van der Waals surface area contributed by atoms with Crippen LogP contribution in [0.5, 0.6) is 0 Å². The van der Waals surface area contributed by atoms with Gasteiger partial charge >= 0.3 is 19.8 Å². The van der Waals surface area contributed by atoms with Crippen LogP contribution in [0.2, 0.25) is 0 Å². The van der Waals surface area contributed by atoms with E-state index in [1.165, 1.54) is 25.7 Å². The first-order chi connectivity index (χ1) is 14.8. The van der Waals surface area contributed by atoms with Crippen LogP contribution in [0.4, 0.5) is 0 Å². The Morgan fingerprint density at radius 1 is 0.839 bits per heavy atom. The summed E-state index contributed by atoms with van der Waals surface area (Å²) in [6.07, 6.45) is 9.86. The van der Waals surface area contributed by atoms with E-state index in [1.807, 2.05) is 6.92 Å². The average molecular weight is 468 g/mol. The SMILES string of the molecule is CCCCCCCCCCC(=O)O[C@@H](COC(=O)CCCC)COP(=O)(O)OCCN. The third-order valence-electron chi connectivity index (χ3n) is 4.49. The second kappa shape index (κ2) is 19.7. The van der Waals surface area contributed by atoms with Gasteiger partial charge in [-0.2, -0.15) is 0 Å². The van der Waals surface area contributed by atoms with Gasteiger partial charge in [0.25, 0.3) is 0 Å². The van der Waals surface area contributed by atoms with E-state index in [0.29, 0.717) is 12.8 Å². The molecular weight excluding hydrogens is 425 g/mol. The quantitative estimate of drug-likeness (QED) is 0.144. The summed E-state index contributed by atoms with van der Waals surface area (Å²) in [7, 11) is -4.33. The molecule has 0 amide bonds. The summed E-state index contributed by atoms with van der Waals surface area (Å²) in [6, 6.07) is 0. The standard InChI is InChI=1S/C21H42NO8P/c1-3-5-7-8-9-10-11-12-14-21(24)30-19(17-27-20(23)13-6-4-2)18-29-31(25,26)28-16-15-22/h19H,3-18,22H2,1-2H3,(H,25,26)/t19-/m0/s1. The lowest BCUT2D eigenvalue weighted by Gasteiger charge is -2.19. The van der Waals surface area contributed by atoms with Gasteiger partial charge in [-0.15, -0.1) is 0 Å². The number of nitrogens with two attached hydrogens (primary N) is 1. The zero-order valence-electron chi connectivity index (χ0n) is 19.2. The van der Waals surface area contributed by atoms with Crippen molar-refractivity contribution < 1.29 is 37.6 Å². The van der Waals surface area contributed by atoms with E-state index in [1.54, 1.807) is 0 Å². The maximum Gasteiger partial charge on any atom is 0.472 e. The van der Waals surface area contributed by atoms with Crippen molar-refractivity contribution in [2.45, 2.75) is 97.0 Å². The lowest BCUT2D eigenvalue weighted by atomic mass is 10.1. The Kier molecular flexibility index (Phi) is 19.0. The topological polar surface area (TPSA) is 134 Å². The van der Waals surface area contributed by atoms with Gasteiger partial charge in [-0.25, -0.2) is 4.57 Å². The Labute approximate surface area is 186 Å². The lowest BCUT2D eigenvalue weighted by Crippen LogP contribution is -2.29. The number of ether oxygens (including phenoxy) is 2. The molecule has 0 saturated heterocycles. The minimum absolute atomic E-state index is 0.0555. The number of hydrogen-bond donors (Lipinski definition) is 2. The number of unbranched alkanes of at least 4 members (excludes halogenated alkanes) is 8. The van der Waals surface area contributed by atoms with Crippen LogP contribution >= 0.6 is 7.82 Å². The molecule has 0 heterocycles. The van der Waals surface area contributed by atoms with E-state index in [0.717, 1.165) is 25.7 Å². The van der Waals surface area contributed by atoms with Crippen LogP contribution in [-0.2, 0) is 32.7 Å². The Hall–Kier alpha value is -0.990. The molecule has 0 aliphatic carbocycles. The predicted octanol–water partition coefficient (Wildman–Crippen LogP) is 4.25. The molecule has 0 saturated carbocycles. The van der Waals surface area contributed by atoms with Gasteiger partial charge in [0.15, 0.2) is 6.10 Å². The van der Waals surface area contributed by atoms with E-state index in [4.69, 9.17) is 19.7 Å². The first-order valence-corrected chi connectivity index (χ1v) is 13.0. The second-order valence-corrected chi connectivity index (χ2v) is 8.96. The molecule has 0 rings (SSSR count). The Morgan fingerprint density at radius 2 is 1.42 bits per heavy atom. The first-order valence-electron chi connectivity index (χ1n) is 11.5. The van der Waals surface area contributed by atoms with Crippen molar-refractivity contribution in [2.24, 2.45) is 5.73 Å². The zero-order chi connectivity index (χ0) is 23.4. The molecule has 0 fully saturated rings. The lowest BCUT2D eigenvalue weighted by molar-refractivity contribution is -0.161. The average Bonchev–Trinajstić information content (AvgIpc) is 2.74. The van der Waals surface area contributed by atoms with E-state index in [-0.39, 0.29) is 32.6 Å². The highest BCUT2D eigenvalue weighted by Gasteiger charge is 2.25. The highest BCUT2D eigenvalue weighted by molar-refractivity contribution is 7.47. The first kappa shape index (κ1) is 30.0. The summed E-state index contributed by atoms with van der Waals surface area (Å²) in [5.74, 6) is -0.877. The number of carbonyl (C=O) groups is 2. The molecule has 9 nitrogen and oxygen atoms in total. The molecule has 0 aliphatic rings. The van der Waals surface area contributed by atoms with Crippen LogP contribution in [0.15, 0.2) is 0 Å². The van der Waals surface area contributed by atoms with Crippen molar-refractivity contribution in [1.29, 1.82) is 0 Å². The largest absolute Gasteiger partial charge is 0.472 e. The molecule has 0 radical (unpaired) electrons. The molecule has 0 aromatic heterocycles. The minimum Gasteiger partial charge on any atom is -0.462 e. The van der Waals surface area contributed by atoms with E-state index in [9.17, 15) is 19.0 Å². The fraction of sp³-hybridized carbons (Fsp3) is 0.905. The number of carbonyl (C=O) groups excluding carboxylic acids is 2. The third kappa shape index (κ3) is 19.4. The van der Waals surface area contributed by atoms with E-state index < -0.39 is 32.5 Å². The summed E-state index contributed by atoms with van der Waals surface area (Å²) >= 11 is 0. The monoisotopic (exact) mass is 467 g/mol. The normalized spacial score (nSPS) is 14.1. The van der Waals surface area contributed by atoms with Crippen LogP contribution in [0.1, 0.15) is 90.9 Å². The Balaban J connectivity index is 4.38. The minimum atomic E-state index is -4.33. The van der Waals surface area contributed by atoms with Crippen LogP contribution in [-0.4, -0.2) is 49.3 Å².